The number of carbonyl (C=O) groups excluding carboxylic acids is 1. The van der Waals surface area contributed by atoms with E-state index in [1.54, 1.807) is 7.11 Å². The van der Waals surface area contributed by atoms with Crippen LogP contribution in [0.2, 0.25) is 0 Å². The van der Waals surface area contributed by atoms with E-state index in [0.29, 0.717) is 18.0 Å². The van der Waals surface area contributed by atoms with Crippen LogP contribution in [0.4, 0.5) is 11.8 Å². The maximum atomic E-state index is 11.4. The van der Waals surface area contributed by atoms with Crippen LogP contribution in [0.15, 0.2) is 18.2 Å². The maximum absolute atomic E-state index is 11.4. The van der Waals surface area contributed by atoms with Gasteiger partial charge in [0.25, 0.3) is 0 Å². The lowest BCUT2D eigenvalue weighted by Crippen LogP contribution is -2.25. The number of aliphatic hydroxyl groups is 1. The summed E-state index contributed by atoms with van der Waals surface area (Å²) in [6.07, 6.45) is 3.22. The molecule has 4 N–H and O–H groups in total. The number of aliphatic hydroxyl groups excluding tert-OH is 1. The van der Waals surface area contributed by atoms with E-state index < -0.39 is 5.41 Å². The minimum Gasteiger partial charge on any atom is -0.496 e. The Kier molecular flexibility index (Phi) is 7.56. The highest BCUT2D eigenvalue weighted by Gasteiger charge is 2.22. The Labute approximate surface area is 172 Å². The Morgan fingerprint density at radius 3 is 2.66 bits per heavy atom. The zero-order chi connectivity index (χ0) is 21.6. The molecule has 0 aliphatic heterocycles. The van der Waals surface area contributed by atoms with Gasteiger partial charge in [-0.1, -0.05) is 25.5 Å². The Morgan fingerprint density at radius 2 is 2.07 bits per heavy atom. The number of ether oxygens (including phenoxy) is 1. The first-order valence-electron chi connectivity index (χ1n) is 9.89. The van der Waals surface area contributed by atoms with E-state index in [1.807, 2.05) is 39.0 Å². The van der Waals surface area contributed by atoms with Crippen LogP contribution >= 0.6 is 0 Å². The van der Waals surface area contributed by atoms with Crippen LogP contribution in [0.5, 0.6) is 5.75 Å². The lowest BCUT2D eigenvalue weighted by atomic mass is 9.85. The number of hydrogen-bond donors (Lipinski definition) is 3. The SMILES string of the molecule is CCCC(CO)Nc1nc(N)nc(C)c1Cc1ccc(C(C)(C)C=O)cc1OC. The van der Waals surface area contributed by atoms with Crippen molar-refractivity contribution in [2.75, 3.05) is 24.8 Å². The number of nitrogens with two attached hydrogens (primary N) is 1. The van der Waals surface area contributed by atoms with Gasteiger partial charge in [0.2, 0.25) is 5.95 Å². The van der Waals surface area contributed by atoms with E-state index in [-0.39, 0.29) is 18.6 Å². The number of methoxy groups -OCH3 is 1. The predicted molar refractivity (Wildman–Crippen MR) is 115 cm³/mol. The van der Waals surface area contributed by atoms with Crippen LogP contribution in [0.25, 0.3) is 0 Å². The van der Waals surface area contributed by atoms with Crippen molar-refractivity contribution in [2.45, 2.75) is 58.4 Å². The van der Waals surface area contributed by atoms with E-state index in [1.165, 1.54) is 0 Å². The molecule has 0 saturated heterocycles. The molecule has 158 valence electrons. The summed E-state index contributed by atoms with van der Waals surface area (Å²) in [6.45, 7) is 7.71. The minimum absolute atomic E-state index is 0.00896. The topological polar surface area (TPSA) is 110 Å². The lowest BCUT2D eigenvalue weighted by molar-refractivity contribution is -0.111. The molecule has 1 aromatic carbocycles. The van der Waals surface area contributed by atoms with Gasteiger partial charge in [-0.2, -0.15) is 4.98 Å². The molecule has 0 bridgehead atoms. The highest BCUT2D eigenvalue weighted by molar-refractivity contribution is 5.68. The van der Waals surface area contributed by atoms with E-state index in [4.69, 9.17) is 10.5 Å². The van der Waals surface area contributed by atoms with Gasteiger partial charge >= 0.3 is 0 Å². The molecule has 29 heavy (non-hydrogen) atoms. The van der Waals surface area contributed by atoms with Gasteiger partial charge in [0.15, 0.2) is 0 Å². The van der Waals surface area contributed by atoms with Crippen LogP contribution in [0, 0.1) is 6.92 Å². The molecule has 1 atom stereocenters. The van der Waals surface area contributed by atoms with E-state index in [9.17, 15) is 9.90 Å². The molecule has 1 unspecified atom stereocenters. The third-order valence-corrected chi connectivity index (χ3v) is 5.12. The summed E-state index contributed by atoms with van der Waals surface area (Å²) in [5, 5.41) is 13.0. The van der Waals surface area contributed by atoms with Crippen LogP contribution in [0.1, 0.15) is 56.0 Å². The van der Waals surface area contributed by atoms with Gasteiger partial charge in [0, 0.05) is 23.1 Å². The molecule has 0 spiro atoms. The zero-order valence-corrected chi connectivity index (χ0v) is 18.0. The Morgan fingerprint density at radius 1 is 1.34 bits per heavy atom. The molecule has 2 aromatic rings. The first-order chi connectivity index (χ1) is 13.7. The number of aldehydes is 1. The molecule has 0 radical (unpaired) electrons. The van der Waals surface area contributed by atoms with Crippen molar-refractivity contribution in [1.29, 1.82) is 0 Å². The van der Waals surface area contributed by atoms with Crippen molar-refractivity contribution in [3.63, 3.8) is 0 Å². The van der Waals surface area contributed by atoms with Crippen molar-refractivity contribution in [3.05, 3.63) is 40.6 Å². The van der Waals surface area contributed by atoms with Gasteiger partial charge < -0.3 is 25.7 Å². The summed E-state index contributed by atoms with van der Waals surface area (Å²) in [4.78, 5) is 20.1. The number of nitrogens with zero attached hydrogens (tertiary/aromatic N) is 2. The number of aryl methyl sites for hydroxylation is 1. The van der Waals surface area contributed by atoms with Crippen molar-refractivity contribution in [1.82, 2.24) is 9.97 Å². The van der Waals surface area contributed by atoms with Crippen LogP contribution in [-0.2, 0) is 16.6 Å². The van der Waals surface area contributed by atoms with Crippen LogP contribution < -0.4 is 15.8 Å². The summed E-state index contributed by atoms with van der Waals surface area (Å²) < 4.78 is 5.60. The standard InChI is InChI=1S/C22H32N4O3/c1-6-7-17(12-27)25-20-18(14(2)24-21(23)26-20)10-15-8-9-16(11-19(15)29-5)22(3,4)13-28/h8-9,11,13,17,27H,6-7,10,12H2,1-5H3,(H3,23,24,25,26). The molecule has 2 rings (SSSR count). The van der Waals surface area contributed by atoms with Crippen molar-refractivity contribution in [3.8, 4) is 5.75 Å². The number of aromatic nitrogens is 2. The molecule has 7 nitrogen and oxygen atoms in total. The molecule has 1 heterocycles. The van der Waals surface area contributed by atoms with Gasteiger partial charge in [-0.15, -0.1) is 0 Å². The Bertz CT molecular complexity index is 852. The van der Waals surface area contributed by atoms with Crippen molar-refractivity contribution < 1.29 is 14.6 Å². The molecular weight excluding hydrogens is 368 g/mol. The van der Waals surface area contributed by atoms with E-state index >= 15 is 0 Å². The molecule has 7 heteroatoms. The second-order valence-electron chi connectivity index (χ2n) is 7.85. The van der Waals surface area contributed by atoms with Crippen molar-refractivity contribution >= 4 is 18.1 Å². The quantitative estimate of drug-likeness (QED) is 0.526. The zero-order valence-electron chi connectivity index (χ0n) is 18.0. The minimum atomic E-state index is -0.590. The largest absolute Gasteiger partial charge is 0.496 e. The first kappa shape index (κ1) is 22.6. The monoisotopic (exact) mass is 400 g/mol. The number of rotatable bonds is 10. The molecular formula is C22H32N4O3. The summed E-state index contributed by atoms with van der Waals surface area (Å²) in [5.74, 6) is 1.52. The first-order valence-corrected chi connectivity index (χ1v) is 9.89. The summed E-state index contributed by atoms with van der Waals surface area (Å²) in [5.41, 5.74) is 8.79. The molecule has 1 aromatic heterocycles. The molecule has 0 amide bonds. The van der Waals surface area contributed by atoms with Gasteiger partial charge in [-0.3, -0.25) is 0 Å². The van der Waals surface area contributed by atoms with Gasteiger partial charge in [0.05, 0.1) is 19.8 Å². The van der Waals surface area contributed by atoms with Gasteiger partial charge in [-0.25, -0.2) is 4.98 Å². The lowest BCUT2D eigenvalue weighted by Gasteiger charge is -2.22. The number of carbonyl (C=O) groups is 1. The highest BCUT2D eigenvalue weighted by atomic mass is 16.5. The second kappa shape index (κ2) is 9.69. The number of benzene rings is 1. The summed E-state index contributed by atoms with van der Waals surface area (Å²) in [7, 11) is 1.62. The molecule has 0 aliphatic carbocycles. The molecule has 0 aliphatic rings. The number of hydrogen-bond acceptors (Lipinski definition) is 7. The Balaban J connectivity index is 2.44. The van der Waals surface area contributed by atoms with E-state index in [2.05, 4.69) is 22.2 Å². The second-order valence-corrected chi connectivity index (χ2v) is 7.85. The summed E-state index contributed by atoms with van der Waals surface area (Å²) in [6, 6.07) is 5.71. The molecule has 0 saturated carbocycles. The smallest absolute Gasteiger partial charge is 0.222 e. The Hall–Kier alpha value is -2.67. The third kappa shape index (κ3) is 5.44. The van der Waals surface area contributed by atoms with E-state index in [0.717, 1.165) is 41.5 Å². The van der Waals surface area contributed by atoms with Gasteiger partial charge in [0.1, 0.15) is 17.9 Å². The fourth-order valence-corrected chi connectivity index (χ4v) is 3.25. The average Bonchev–Trinajstić information content (AvgIpc) is 2.69. The van der Waals surface area contributed by atoms with Crippen LogP contribution in [-0.4, -0.2) is 41.1 Å². The average molecular weight is 401 g/mol. The third-order valence-electron chi connectivity index (χ3n) is 5.12. The fourth-order valence-electron chi connectivity index (χ4n) is 3.25. The fraction of sp³-hybridized carbons (Fsp3) is 0.500. The number of anilines is 2. The highest BCUT2D eigenvalue weighted by Crippen LogP contribution is 2.31. The normalized spacial score (nSPS) is 12.5. The summed E-state index contributed by atoms with van der Waals surface area (Å²) >= 11 is 0. The van der Waals surface area contributed by atoms with Gasteiger partial charge in [-0.05, 0) is 44.4 Å². The molecule has 0 fully saturated rings. The number of nitrogens with one attached hydrogen (secondary N) is 1. The van der Waals surface area contributed by atoms with Crippen molar-refractivity contribution in [2.24, 2.45) is 0 Å². The number of nitrogen functional groups attached to an aromatic ring is 1. The maximum Gasteiger partial charge on any atom is 0.222 e. The predicted octanol–water partition coefficient (Wildman–Crippen LogP) is 3.02. The van der Waals surface area contributed by atoms with Crippen LogP contribution in [0.3, 0.4) is 0 Å².